The molecule has 1 amide bonds. The quantitative estimate of drug-likeness (QED) is 0.614. The molecule has 0 saturated carbocycles. The van der Waals surface area contributed by atoms with Crippen molar-refractivity contribution in [2.75, 3.05) is 12.4 Å². The summed E-state index contributed by atoms with van der Waals surface area (Å²) < 4.78 is 5.10. The van der Waals surface area contributed by atoms with Crippen molar-refractivity contribution in [2.45, 2.75) is 32.5 Å². The van der Waals surface area contributed by atoms with Crippen LogP contribution in [0.5, 0.6) is 11.5 Å². The molecule has 0 aromatic heterocycles. The molecule has 27 heavy (non-hydrogen) atoms. The van der Waals surface area contributed by atoms with Gasteiger partial charge >= 0.3 is 5.69 Å². The number of hydrogen-bond acceptors (Lipinski definition) is 6. The van der Waals surface area contributed by atoms with Crippen molar-refractivity contribution >= 4 is 17.3 Å². The van der Waals surface area contributed by atoms with Crippen LogP contribution in [-0.4, -0.2) is 34.0 Å². The lowest BCUT2D eigenvalue weighted by atomic mass is 10.00. The number of hydrogen-bond donors (Lipinski definition) is 2. The second kappa shape index (κ2) is 7.14. The number of nitro benzene ring substituents is 1. The molecule has 8 nitrogen and oxygen atoms in total. The van der Waals surface area contributed by atoms with Gasteiger partial charge in [0.2, 0.25) is 5.75 Å². The van der Waals surface area contributed by atoms with E-state index in [1.54, 1.807) is 23.1 Å². The summed E-state index contributed by atoms with van der Waals surface area (Å²) in [6.45, 7) is 3.89. The van der Waals surface area contributed by atoms with E-state index in [2.05, 4.69) is 5.32 Å². The monoisotopic (exact) mass is 371 g/mol. The van der Waals surface area contributed by atoms with Crippen LogP contribution in [0.2, 0.25) is 0 Å². The van der Waals surface area contributed by atoms with Crippen LogP contribution in [0.15, 0.2) is 36.4 Å². The smallest absolute Gasteiger partial charge is 0.315 e. The second-order valence-corrected chi connectivity index (χ2v) is 6.41. The molecule has 0 radical (unpaired) electrons. The highest BCUT2D eigenvalue weighted by Crippen LogP contribution is 2.42. The SMILES string of the molecule is CC[C@@H](C)N1C(=O)c2ccccc2N[C@@H]1c1cc(OC)c(O)c([N+](=O)[O-])c1. The number of carbonyl (C=O) groups is 1. The molecule has 0 saturated heterocycles. The summed E-state index contributed by atoms with van der Waals surface area (Å²) in [6, 6.07) is 9.82. The first kappa shape index (κ1) is 18.5. The van der Waals surface area contributed by atoms with E-state index in [4.69, 9.17) is 4.74 Å². The van der Waals surface area contributed by atoms with E-state index in [1.165, 1.54) is 19.2 Å². The number of nitrogens with one attached hydrogen (secondary N) is 1. The molecule has 0 unspecified atom stereocenters. The van der Waals surface area contributed by atoms with Gasteiger partial charge in [-0.3, -0.25) is 14.9 Å². The summed E-state index contributed by atoms with van der Waals surface area (Å²) >= 11 is 0. The number of carbonyl (C=O) groups excluding carboxylic acids is 1. The Morgan fingerprint density at radius 2 is 2.07 bits per heavy atom. The maximum Gasteiger partial charge on any atom is 0.315 e. The summed E-state index contributed by atoms with van der Waals surface area (Å²) in [4.78, 5) is 25.5. The molecule has 1 aliphatic rings. The van der Waals surface area contributed by atoms with Crippen molar-refractivity contribution < 1.29 is 19.6 Å². The van der Waals surface area contributed by atoms with Crippen molar-refractivity contribution in [1.82, 2.24) is 4.90 Å². The van der Waals surface area contributed by atoms with Crippen molar-refractivity contribution in [3.8, 4) is 11.5 Å². The number of amides is 1. The summed E-state index contributed by atoms with van der Waals surface area (Å²) in [6.07, 6.45) is 0.0826. The number of fused-ring (bicyclic) bond motifs is 1. The Balaban J connectivity index is 2.17. The van der Waals surface area contributed by atoms with Gasteiger partial charge in [-0.25, -0.2) is 0 Å². The molecule has 0 fully saturated rings. The van der Waals surface area contributed by atoms with Gasteiger partial charge in [0.25, 0.3) is 5.91 Å². The number of benzene rings is 2. The Hall–Kier alpha value is -3.29. The first-order valence-electron chi connectivity index (χ1n) is 8.62. The van der Waals surface area contributed by atoms with Gasteiger partial charge in [0.15, 0.2) is 5.75 Å². The second-order valence-electron chi connectivity index (χ2n) is 6.41. The molecule has 1 heterocycles. The van der Waals surface area contributed by atoms with Crippen LogP contribution >= 0.6 is 0 Å². The van der Waals surface area contributed by atoms with Gasteiger partial charge in [0.05, 0.1) is 17.6 Å². The largest absolute Gasteiger partial charge is 0.500 e. The molecule has 1 aliphatic heterocycles. The van der Waals surface area contributed by atoms with Crippen LogP contribution < -0.4 is 10.1 Å². The predicted molar refractivity (Wildman–Crippen MR) is 100 cm³/mol. The van der Waals surface area contributed by atoms with Gasteiger partial charge in [0.1, 0.15) is 6.17 Å². The van der Waals surface area contributed by atoms with Crippen LogP contribution in [0.3, 0.4) is 0 Å². The lowest BCUT2D eigenvalue weighted by Gasteiger charge is -2.41. The molecular weight excluding hydrogens is 350 g/mol. The minimum atomic E-state index is -0.673. The normalized spacial score (nSPS) is 17.1. The minimum absolute atomic E-state index is 0.0172. The lowest BCUT2D eigenvalue weighted by Crippen LogP contribution is -2.47. The van der Waals surface area contributed by atoms with E-state index in [0.717, 1.165) is 0 Å². The molecule has 8 heteroatoms. The van der Waals surface area contributed by atoms with E-state index in [1.807, 2.05) is 19.9 Å². The predicted octanol–water partition coefficient (Wildman–Crippen LogP) is 3.67. The Morgan fingerprint density at radius 1 is 1.37 bits per heavy atom. The van der Waals surface area contributed by atoms with E-state index in [0.29, 0.717) is 23.2 Å². The topological polar surface area (TPSA) is 105 Å². The molecule has 3 rings (SSSR count). The number of nitro groups is 1. The number of nitrogens with zero attached hydrogens (tertiary/aromatic N) is 2. The average Bonchev–Trinajstić information content (AvgIpc) is 2.67. The highest BCUT2D eigenvalue weighted by Gasteiger charge is 2.36. The fraction of sp³-hybridized carbons (Fsp3) is 0.316. The molecule has 142 valence electrons. The minimum Gasteiger partial charge on any atom is -0.500 e. The summed E-state index contributed by atoms with van der Waals surface area (Å²) in [5, 5.41) is 24.7. The van der Waals surface area contributed by atoms with Gasteiger partial charge in [-0.2, -0.15) is 0 Å². The zero-order valence-electron chi connectivity index (χ0n) is 15.3. The summed E-state index contributed by atoms with van der Waals surface area (Å²) in [5.41, 5.74) is 1.19. The van der Waals surface area contributed by atoms with Gasteiger partial charge in [0, 0.05) is 23.4 Å². The third kappa shape index (κ3) is 3.14. The molecular formula is C19H21N3O5. The van der Waals surface area contributed by atoms with Gasteiger partial charge in [-0.1, -0.05) is 19.1 Å². The van der Waals surface area contributed by atoms with Crippen LogP contribution in [0, 0.1) is 10.1 Å². The summed E-state index contributed by atoms with van der Waals surface area (Å²) in [5.74, 6) is -0.710. The lowest BCUT2D eigenvalue weighted by molar-refractivity contribution is -0.386. The number of para-hydroxylation sites is 1. The molecule has 0 spiro atoms. The first-order valence-corrected chi connectivity index (χ1v) is 8.62. The average molecular weight is 371 g/mol. The van der Waals surface area contributed by atoms with E-state index < -0.39 is 22.5 Å². The third-order valence-corrected chi connectivity index (χ3v) is 4.84. The van der Waals surface area contributed by atoms with Crippen molar-refractivity contribution in [1.29, 1.82) is 0 Å². The number of methoxy groups -OCH3 is 1. The number of phenolic OH excluding ortho intramolecular Hbond substituents is 1. The maximum absolute atomic E-state index is 13.1. The first-order chi connectivity index (χ1) is 12.9. The van der Waals surface area contributed by atoms with Gasteiger partial charge < -0.3 is 20.1 Å². The zero-order chi connectivity index (χ0) is 19.7. The molecule has 2 aromatic rings. The van der Waals surface area contributed by atoms with Crippen LogP contribution in [0.25, 0.3) is 0 Å². The Morgan fingerprint density at radius 3 is 2.70 bits per heavy atom. The Bertz CT molecular complexity index is 899. The maximum atomic E-state index is 13.1. The van der Waals surface area contributed by atoms with Crippen LogP contribution in [-0.2, 0) is 0 Å². The van der Waals surface area contributed by atoms with E-state index in [-0.39, 0.29) is 17.7 Å². The molecule has 0 aliphatic carbocycles. The fourth-order valence-corrected chi connectivity index (χ4v) is 3.23. The number of aromatic hydroxyl groups is 1. The Labute approximate surface area is 156 Å². The third-order valence-electron chi connectivity index (χ3n) is 4.84. The molecule has 2 N–H and O–H groups in total. The van der Waals surface area contributed by atoms with Gasteiger partial charge in [-0.15, -0.1) is 0 Å². The number of rotatable bonds is 5. The van der Waals surface area contributed by atoms with Crippen molar-refractivity contribution in [2.24, 2.45) is 0 Å². The number of phenols is 1. The number of ether oxygens (including phenoxy) is 1. The fourth-order valence-electron chi connectivity index (χ4n) is 3.23. The highest BCUT2D eigenvalue weighted by atomic mass is 16.6. The highest BCUT2D eigenvalue weighted by molar-refractivity contribution is 6.02. The van der Waals surface area contributed by atoms with E-state index in [9.17, 15) is 20.0 Å². The van der Waals surface area contributed by atoms with E-state index >= 15 is 0 Å². The van der Waals surface area contributed by atoms with Crippen LogP contribution in [0.4, 0.5) is 11.4 Å². The summed E-state index contributed by atoms with van der Waals surface area (Å²) in [7, 11) is 1.32. The van der Waals surface area contributed by atoms with Crippen LogP contribution in [0.1, 0.15) is 42.4 Å². The molecule has 2 atom stereocenters. The van der Waals surface area contributed by atoms with Crippen molar-refractivity contribution in [3.05, 3.63) is 57.6 Å². The number of anilines is 1. The Kier molecular flexibility index (Phi) is 4.89. The standard InChI is InChI=1S/C19H21N3O5/c1-4-11(2)21-18(20-14-8-6-5-7-13(14)19(21)24)12-9-15(22(25)26)17(23)16(10-12)27-3/h5-11,18,20,23H,4H2,1-3H3/t11-,18+/m1/s1. The van der Waals surface area contributed by atoms with Gasteiger partial charge in [-0.05, 0) is 31.5 Å². The zero-order valence-corrected chi connectivity index (χ0v) is 15.3. The van der Waals surface area contributed by atoms with Crippen molar-refractivity contribution in [3.63, 3.8) is 0 Å². The molecule has 2 aromatic carbocycles. The molecule has 0 bridgehead atoms.